The number of benzene rings is 1. The highest BCUT2D eigenvalue weighted by Gasteiger charge is 2.38. The maximum Gasteiger partial charge on any atom is 0.272 e. The van der Waals surface area contributed by atoms with Gasteiger partial charge in [0.1, 0.15) is 16.4 Å². The van der Waals surface area contributed by atoms with E-state index in [1.807, 2.05) is 0 Å². The van der Waals surface area contributed by atoms with Crippen LogP contribution in [0.15, 0.2) is 29.3 Å². The number of halogens is 1. The first-order valence-electron chi connectivity index (χ1n) is 8.37. The number of aryl methyl sites for hydroxylation is 3. The van der Waals surface area contributed by atoms with E-state index in [2.05, 4.69) is 10.0 Å². The normalized spacial score (nSPS) is 16.0. The monoisotopic (exact) mass is 395 g/mol. The van der Waals surface area contributed by atoms with Gasteiger partial charge in [-0.2, -0.15) is 0 Å². The van der Waals surface area contributed by atoms with E-state index in [0.717, 1.165) is 0 Å². The second kappa shape index (κ2) is 6.74. The first-order valence-corrected chi connectivity index (χ1v) is 9.85. The van der Waals surface area contributed by atoms with Gasteiger partial charge in [-0.15, -0.1) is 0 Å². The van der Waals surface area contributed by atoms with Crippen molar-refractivity contribution in [1.29, 1.82) is 0 Å². The Balaban J connectivity index is 1.82. The van der Waals surface area contributed by atoms with Gasteiger partial charge in [0.2, 0.25) is 10.0 Å². The molecular formula is C18H22FN3O4S. The zero-order valence-corrected chi connectivity index (χ0v) is 16.4. The predicted molar refractivity (Wildman–Crippen MR) is 98.8 cm³/mol. The van der Waals surface area contributed by atoms with E-state index >= 15 is 0 Å². The molecule has 0 aliphatic carbocycles. The van der Waals surface area contributed by atoms with E-state index < -0.39 is 21.5 Å². The van der Waals surface area contributed by atoms with Gasteiger partial charge in [-0.1, -0.05) is 0 Å². The molecule has 1 fully saturated rings. The number of hydrogen-bond donors (Lipinski definition) is 2. The summed E-state index contributed by atoms with van der Waals surface area (Å²) in [4.78, 5) is 12.6. The largest absolute Gasteiger partial charge is 0.377 e. The standard InChI is InChI=1S/C18H22FN3O4S/c1-11-5-13(6-12(2)16(11)19)20-17(23)15-7-14(8-22(15)4)27(24,25)21-18(3)9-26-10-18/h5-8,21H,9-10H2,1-4H3,(H,20,23). The number of ether oxygens (including phenoxy) is 1. The third-order valence-corrected chi connectivity index (χ3v) is 6.04. The van der Waals surface area contributed by atoms with Crippen LogP contribution >= 0.6 is 0 Å². The first kappa shape index (κ1) is 19.5. The quantitative estimate of drug-likeness (QED) is 0.811. The number of hydrogen-bond acceptors (Lipinski definition) is 4. The average Bonchev–Trinajstić information content (AvgIpc) is 2.93. The maximum absolute atomic E-state index is 13.7. The van der Waals surface area contributed by atoms with Crippen molar-refractivity contribution in [2.75, 3.05) is 18.5 Å². The zero-order valence-electron chi connectivity index (χ0n) is 15.6. The molecule has 1 amide bonds. The van der Waals surface area contributed by atoms with Crippen molar-refractivity contribution in [3.05, 3.63) is 47.0 Å². The Morgan fingerprint density at radius 2 is 1.81 bits per heavy atom. The Morgan fingerprint density at radius 1 is 1.22 bits per heavy atom. The molecule has 9 heteroatoms. The number of carbonyl (C=O) groups excluding carboxylic acids is 1. The summed E-state index contributed by atoms with van der Waals surface area (Å²) in [6.45, 7) is 5.58. The second-order valence-corrected chi connectivity index (χ2v) is 8.89. The van der Waals surface area contributed by atoms with E-state index in [9.17, 15) is 17.6 Å². The van der Waals surface area contributed by atoms with Crippen LogP contribution < -0.4 is 10.0 Å². The smallest absolute Gasteiger partial charge is 0.272 e. The summed E-state index contributed by atoms with van der Waals surface area (Å²) in [7, 11) is -2.20. The summed E-state index contributed by atoms with van der Waals surface area (Å²) in [5.41, 5.74) is 0.811. The van der Waals surface area contributed by atoms with E-state index in [0.29, 0.717) is 30.0 Å². The number of nitrogens with one attached hydrogen (secondary N) is 2. The van der Waals surface area contributed by atoms with Gasteiger partial charge in [-0.05, 0) is 50.1 Å². The summed E-state index contributed by atoms with van der Waals surface area (Å²) in [5.74, 6) is -0.803. The minimum atomic E-state index is -3.79. The van der Waals surface area contributed by atoms with Crippen LogP contribution in [0.3, 0.4) is 0 Å². The molecule has 0 spiro atoms. The van der Waals surface area contributed by atoms with Crippen LogP contribution in [0.25, 0.3) is 0 Å². The first-order chi connectivity index (χ1) is 12.5. The van der Waals surface area contributed by atoms with Crippen molar-refractivity contribution < 1.29 is 22.3 Å². The number of nitrogens with zero attached hydrogens (tertiary/aromatic N) is 1. The molecule has 1 aliphatic rings. The van der Waals surface area contributed by atoms with Crippen LogP contribution in [0.5, 0.6) is 0 Å². The van der Waals surface area contributed by atoms with Gasteiger partial charge in [0.25, 0.3) is 5.91 Å². The molecule has 2 N–H and O–H groups in total. The summed E-state index contributed by atoms with van der Waals surface area (Å²) < 4.78 is 48.0. The Morgan fingerprint density at radius 3 is 2.33 bits per heavy atom. The number of sulfonamides is 1. The average molecular weight is 395 g/mol. The van der Waals surface area contributed by atoms with Crippen molar-refractivity contribution in [3.8, 4) is 0 Å². The lowest BCUT2D eigenvalue weighted by atomic mass is 10.0. The van der Waals surface area contributed by atoms with Crippen molar-refractivity contribution in [1.82, 2.24) is 9.29 Å². The van der Waals surface area contributed by atoms with Crippen molar-refractivity contribution in [2.24, 2.45) is 7.05 Å². The van der Waals surface area contributed by atoms with Crippen LogP contribution in [0.2, 0.25) is 0 Å². The molecule has 1 aromatic heterocycles. The highest BCUT2D eigenvalue weighted by atomic mass is 32.2. The Labute approximate surface area is 157 Å². The fourth-order valence-corrected chi connectivity index (χ4v) is 4.42. The molecule has 7 nitrogen and oxygen atoms in total. The predicted octanol–water partition coefficient (Wildman–Crippen LogP) is 2.10. The van der Waals surface area contributed by atoms with Crippen molar-refractivity contribution in [2.45, 2.75) is 31.2 Å². The topological polar surface area (TPSA) is 89.4 Å². The zero-order chi connectivity index (χ0) is 20.0. The van der Waals surface area contributed by atoms with Gasteiger partial charge < -0.3 is 14.6 Å². The molecule has 0 bridgehead atoms. The second-order valence-electron chi connectivity index (χ2n) is 7.21. The summed E-state index contributed by atoms with van der Waals surface area (Å²) in [5, 5.41) is 2.68. The van der Waals surface area contributed by atoms with E-state index in [1.165, 1.54) is 29.0 Å². The molecule has 0 atom stereocenters. The molecule has 0 unspecified atom stereocenters. The van der Waals surface area contributed by atoms with Gasteiger partial charge in [0.15, 0.2) is 0 Å². The van der Waals surface area contributed by atoms with Crippen LogP contribution in [0.1, 0.15) is 28.5 Å². The lowest BCUT2D eigenvalue weighted by Crippen LogP contribution is -2.59. The summed E-state index contributed by atoms with van der Waals surface area (Å²) in [6.07, 6.45) is 1.38. The number of rotatable bonds is 5. The SMILES string of the molecule is Cc1cc(NC(=O)c2cc(S(=O)(=O)NC3(C)COC3)cn2C)cc(C)c1F. The fourth-order valence-electron chi connectivity index (χ4n) is 2.97. The number of carbonyl (C=O) groups is 1. The van der Waals surface area contributed by atoms with E-state index in [-0.39, 0.29) is 16.4 Å². The minimum absolute atomic E-state index is 0.00487. The highest BCUT2D eigenvalue weighted by molar-refractivity contribution is 7.89. The Bertz CT molecular complexity index is 987. The molecule has 1 saturated heterocycles. The van der Waals surface area contributed by atoms with Gasteiger partial charge in [0, 0.05) is 18.9 Å². The molecule has 27 heavy (non-hydrogen) atoms. The van der Waals surface area contributed by atoms with Gasteiger partial charge in [-0.3, -0.25) is 4.79 Å². The molecule has 146 valence electrons. The van der Waals surface area contributed by atoms with Crippen LogP contribution in [-0.2, 0) is 21.8 Å². The van der Waals surface area contributed by atoms with E-state index in [1.54, 1.807) is 27.8 Å². The van der Waals surface area contributed by atoms with Crippen molar-refractivity contribution >= 4 is 21.6 Å². The number of anilines is 1. The third kappa shape index (κ3) is 3.90. The molecule has 2 aromatic rings. The highest BCUT2D eigenvalue weighted by Crippen LogP contribution is 2.23. The molecule has 1 aromatic carbocycles. The minimum Gasteiger partial charge on any atom is -0.377 e. The molecule has 1 aliphatic heterocycles. The van der Waals surface area contributed by atoms with Crippen LogP contribution in [0, 0.1) is 19.7 Å². The van der Waals surface area contributed by atoms with Gasteiger partial charge >= 0.3 is 0 Å². The maximum atomic E-state index is 13.7. The lowest BCUT2D eigenvalue weighted by molar-refractivity contribution is -0.0523. The fraction of sp³-hybridized carbons (Fsp3) is 0.389. The molecule has 0 radical (unpaired) electrons. The van der Waals surface area contributed by atoms with Crippen LogP contribution in [-0.4, -0.2) is 37.6 Å². The number of aromatic nitrogens is 1. The Kier molecular flexibility index (Phi) is 4.87. The molecule has 0 saturated carbocycles. The third-order valence-electron chi connectivity index (χ3n) is 4.44. The lowest BCUT2D eigenvalue weighted by Gasteiger charge is -2.38. The molecule has 2 heterocycles. The van der Waals surface area contributed by atoms with Gasteiger partial charge in [-0.25, -0.2) is 17.5 Å². The summed E-state index contributed by atoms with van der Waals surface area (Å²) >= 11 is 0. The molecular weight excluding hydrogens is 373 g/mol. The van der Waals surface area contributed by atoms with Crippen LogP contribution in [0.4, 0.5) is 10.1 Å². The Hall–Kier alpha value is -2.23. The summed E-state index contributed by atoms with van der Waals surface area (Å²) in [6, 6.07) is 4.36. The van der Waals surface area contributed by atoms with E-state index in [4.69, 9.17) is 4.74 Å². The van der Waals surface area contributed by atoms with Gasteiger partial charge in [0.05, 0.1) is 18.8 Å². The van der Waals surface area contributed by atoms with Crippen molar-refractivity contribution in [3.63, 3.8) is 0 Å². The molecule has 3 rings (SSSR count). The number of amides is 1.